The molecule has 2 amide bonds. The van der Waals surface area contributed by atoms with Crippen LogP contribution < -0.4 is 10.1 Å². The van der Waals surface area contributed by atoms with Gasteiger partial charge in [-0.1, -0.05) is 35.9 Å². The fraction of sp³-hybridized carbons (Fsp3) is 0.276. The molecule has 4 aromatic rings. The van der Waals surface area contributed by atoms with Crippen LogP contribution in [0.2, 0.25) is 5.02 Å². The van der Waals surface area contributed by atoms with Gasteiger partial charge in [-0.3, -0.25) is 9.59 Å². The highest BCUT2D eigenvalue weighted by molar-refractivity contribution is 7.10. The van der Waals surface area contributed by atoms with E-state index in [0.717, 1.165) is 29.2 Å². The second-order valence-electron chi connectivity index (χ2n) is 9.74. The highest BCUT2D eigenvalue weighted by atomic mass is 35.5. The van der Waals surface area contributed by atoms with Crippen LogP contribution >= 0.6 is 22.9 Å². The monoisotopic (exact) mass is 548 g/mol. The van der Waals surface area contributed by atoms with Gasteiger partial charge in [-0.15, -0.1) is 11.3 Å². The van der Waals surface area contributed by atoms with E-state index in [0.29, 0.717) is 29.6 Å². The van der Waals surface area contributed by atoms with Crippen molar-refractivity contribution in [2.45, 2.75) is 38.2 Å². The van der Waals surface area contributed by atoms with Gasteiger partial charge in [0.25, 0.3) is 11.8 Å². The Morgan fingerprint density at radius 2 is 1.71 bits per heavy atom. The van der Waals surface area contributed by atoms with Crippen LogP contribution in [0.3, 0.4) is 0 Å². The minimum atomic E-state index is -1.04. The highest BCUT2D eigenvalue weighted by Gasteiger charge is 2.37. The molecule has 1 N–H and O–H groups in total. The van der Waals surface area contributed by atoms with Crippen molar-refractivity contribution in [1.29, 1.82) is 0 Å². The smallest absolute Gasteiger partial charge is 0.275 e. The van der Waals surface area contributed by atoms with Crippen LogP contribution in [0.4, 0.5) is 5.69 Å². The molecule has 0 aliphatic carbocycles. The predicted octanol–water partition coefficient (Wildman–Crippen LogP) is 6.40. The van der Waals surface area contributed by atoms with Gasteiger partial charge >= 0.3 is 0 Å². The second kappa shape index (κ2) is 11.0. The molecule has 0 bridgehead atoms. The lowest BCUT2D eigenvalue weighted by Gasteiger charge is -2.36. The quantitative estimate of drug-likeness (QED) is 0.290. The number of para-hydroxylation sites is 3. The van der Waals surface area contributed by atoms with E-state index in [1.165, 1.54) is 11.3 Å². The fourth-order valence-electron chi connectivity index (χ4n) is 4.62. The van der Waals surface area contributed by atoms with Crippen LogP contribution in [0.15, 0.2) is 78.4 Å². The summed E-state index contributed by atoms with van der Waals surface area (Å²) >= 11 is 7.72. The zero-order valence-electron chi connectivity index (χ0n) is 21.3. The number of hydrogen-bond acceptors (Lipinski definition) is 5. The molecule has 1 aliphatic heterocycles. The van der Waals surface area contributed by atoms with Crippen LogP contribution in [0.1, 0.15) is 48.1 Å². The molecule has 3 heterocycles. The number of hydrogen-bond donors (Lipinski definition) is 1. The molecule has 0 atom stereocenters. The summed E-state index contributed by atoms with van der Waals surface area (Å²) in [6.45, 7) is 4.74. The summed E-state index contributed by atoms with van der Waals surface area (Å²) in [4.78, 5) is 32.8. The maximum atomic E-state index is 13.2. The Balaban J connectivity index is 1.19. The van der Waals surface area contributed by atoms with E-state index in [2.05, 4.69) is 10.3 Å². The SMILES string of the molecule is CC(C)(Oc1ccccc1Cl)C(=O)N1CCC(c2nc(C(=O)Nc3ccccc3-n3cccc3)cs2)CC1. The van der Waals surface area contributed by atoms with Crippen LogP contribution in [-0.2, 0) is 4.79 Å². The number of amides is 2. The summed E-state index contributed by atoms with van der Waals surface area (Å²) in [7, 11) is 0. The number of aromatic nitrogens is 2. The maximum Gasteiger partial charge on any atom is 0.275 e. The Bertz CT molecular complexity index is 1430. The summed E-state index contributed by atoms with van der Waals surface area (Å²) in [5.74, 6) is 0.381. The molecule has 7 nitrogen and oxygen atoms in total. The summed E-state index contributed by atoms with van der Waals surface area (Å²) < 4.78 is 7.95. The Labute approximate surface area is 231 Å². The minimum Gasteiger partial charge on any atom is -0.476 e. The number of carbonyl (C=O) groups is 2. The summed E-state index contributed by atoms with van der Waals surface area (Å²) in [6, 6.07) is 18.7. The Hall–Kier alpha value is -3.62. The first-order valence-corrected chi connectivity index (χ1v) is 13.8. The van der Waals surface area contributed by atoms with E-state index < -0.39 is 5.60 Å². The van der Waals surface area contributed by atoms with Crippen molar-refractivity contribution in [2.24, 2.45) is 0 Å². The van der Waals surface area contributed by atoms with Crippen molar-refractivity contribution in [1.82, 2.24) is 14.5 Å². The Morgan fingerprint density at radius 3 is 2.45 bits per heavy atom. The number of nitrogens with zero attached hydrogens (tertiary/aromatic N) is 3. The number of carbonyl (C=O) groups excluding carboxylic acids is 2. The third-order valence-corrected chi connectivity index (χ3v) is 7.96. The Kier molecular flexibility index (Phi) is 7.53. The third-order valence-electron chi connectivity index (χ3n) is 6.64. The molecule has 2 aromatic heterocycles. The first-order valence-electron chi connectivity index (χ1n) is 12.5. The van der Waals surface area contributed by atoms with E-state index in [-0.39, 0.29) is 17.7 Å². The molecule has 2 aromatic carbocycles. The Morgan fingerprint density at radius 1 is 1.03 bits per heavy atom. The van der Waals surface area contributed by atoms with E-state index in [1.54, 1.807) is 31.4 Å². The number of halogens is 1. The number of benzene rings is 2. The number of likely N-dealkylation sites (tertiary alicyclic amines) is 1. The average molecular weight is 549 g/mol. The van der Waals surface area contributed by atoms with Crippen molar-refractivity contribution in [3.05, 3.63) is 94.2 Å². The van der Waals surface area contributed by atoms with Gasteiger partial charge in [0, 0.05) is 36.8 Å². The van der Waals surface area contributed by atoms with Crippen molar-refractivity contribution < 1.29 is 14.3 Å². The minimum absolute atomic E-state index is 0.0727. The number of anilines is 1. The fourth-order valence-corrected chi connectivity index (χ4v) is 5.77. The first kappa shape index (κ1) is 26.0. The largest absolute Gasteiger partial charge is 0.476 e. The van der Waals surface area contributed by atoms with Gasteiger partial charge < -0.3 is 19.5 Å². The van der Waals surface area contributed by atoms with Gasteiger partial charge in [0.1, 0.15) is 11.4 Å². The van der Waals surface area contributed by atoms with Crippen LogP contribution in [0.5, 0.6) is 5.75 Å². The molecule has 196 valence electrons. The maximum absolute atomic E-state index is 13.2. The number of thiazole rings is 1. The molecule has 9 heteroatoms. The molecule has 1 fully saturated rings. The molecule has 0 spiro atoms. The average Bonchev–Trinajstić information content (AvgIpc) is 3.63. The normalized spacial score (nSPS) is 14.3. The third kappa shape index (κ3) is 5.61. The van der Waals surface area contributed by atoms with E-state index in [9.17, 15) is 9.59 Å². The zero-order chi connectivity index (χ0) is 26.7. The lowest BCUT2D eigenvalue weighted by molar-refractivity contribution is -0.146. The van der Waals surface area contributed by atoms with E-state index >= 15 is 0 Å². The van der Waals surface area contributed by atoms with Crippen molar-refractivity contribution in [2.75, 3.05) is 18.4 Å². The number of piperidine rings is 1. The highest BCUT2D eigenvalue weighted by Crippen LogP contribution is 2.33. The lowest BCUT2D eigenvalue weighted by Crippen LogP contribution is -2.51. The molecule has 38 heavy (non-hydrogen) atoms. The van der Waals surface area contributed by atoms with Crippen LogP contribution in [0.25, 0.3) is 5.69 Å². The van der Waals surface area contributed by atoms with Gasteiger partial charge in [-0.2, -0.15) is 0 Å². The summed E-state index contributed by atoms with van der Waals surface area (Å²) in [5.41, 5.74) is 0.970. The summed E-state index contributed by atoms with van der Waals surface area (Å²) in [5, 5.41) is 6.21. The summed E-state index contributed by atoms with van der Waals surface area (Å²) in [6.07, 6.45) is 5.43. The van der Waals surface area contributed by atoms with E-state index in [4.69, 9.17) is 16.3 Å². The van der Waals surface area contributed by atoms with Crippen LogP contribution in [-0.4, -0.2) is 45.0 Å². The van der Waals surface area contributed by atoms with Gasteiger partial charge in [0.15, 0.2) is 5.60 Å². The molecule has 0 radical (unpaired) electrons. The van der Waals surface area contributed by atoms with Crippen molar-refractivity contribution in [3.63, 3.8) is 0 Å². The van der Waals surface area contributed by atoms with Crippen LogP contribution in [0, 0.1) is 0 Å². The zero-order valence-corrected chi connectivity index (χ0v) is 22.8. The standard InChI is InChI=1S/C29H29ClN4O3S/c1-29(2,37-25-12-6-3-9-21(25)30)28(36)34-17-13-20(14-18-34)27-32-23(19-38-27)26(35)31-22-10-4-5-11-24(22)33-15-7-8-16-33/h3-12,15-16,19-20H,13-14,17-18H2,1-2H3,(H,31,35). The first-order chi connectivity index (χ1) is 18.3. The molecule has 0 unspecified atom stereocenters. The number of ether oxygens (including phenoxy) is 1. The van der Waals surface area contributed by atoms with Gasteiger partial charge in [-0.25, -0.2) is 4.98 Å². The predicted molar refractivity (Wildman–Crippen MR) is 151 cm³/mol. The van der Waals surface area contributed by atoms with Gasteiger partial charge in [0.2, 0.25) is 0 Å². The topological polar surface area (TPSA) is 76.5 Å². The van der Waals surface area contributed by atoms with Crippen molar-refractivity contribution >= 4 is 40.4 Å². The van der Waals surface area contributed by atoms with E-state index in [1.807, 2.05) is 70.4 Å². The molecular formula is C29H29ClN4O3S. The van der Waals surface area contributed by atoms with Gasteiger partial charge in [-0.05, 0) is 63.1 Å². The molecule has 1 saturated heterocycles. The number of rotatable bonds is 7. The van der Waals surface area contributed by atoms with Crippen molar-refractivity contribution in [3.8, 4) is 11.4 Å². The number of nitrogens with one attached hydrogen (secondary N) is 1. The molecule has 1 aliphatic rings. The lowest BCUT2D eigenvalue weighted by atomic mass is 9.96. The van der Waals surface area contributed by atoms with Gasteiger partial charge in [0.05, 0.1) is 21.4 Å². The second-order valence-corrected chi connectivity index (χ2v) is 11.0. The molecule has 5 rings (SSSR count). The molecule has 0 saturated carbocycles. The molecular weight excluding hydrogens is 520 g/mol.